The first-order valence-electron chi connectivity index (χ1n) is 16.1. The third-order valence-corrected chi connectivity index (χ3v) is 8.93. The molecule has 8 heteroatoms. The highest BCUT2D eigenvalue weighted by atomic mass is 19.4. The molecular weight excluding hydrogens is 680 g/mol. The Hall–Kier alpha value is -6.02. The van der Waals surface area contributed by atoms with Crippen molar-refractivity contribution in [1.82, 2.24) is 0 Å². The quantitative estimate of drug-likeness (QED) is 0.151. The summed E-state index contributed by atoms with van der Waals surface area (Å²) in [7, 11) is 0. The topological polar surface area (TPSA) is 0 Å². The summed E-state index contributed by atoms with van der Waals surface area (Å²) >= 11 is 0. The molecule has 0 saturated heterocycles. The zero-order chi connectivity index (χ0) is 36.6. The molecule has 0 fully saturated rings. The van der Waals surface area contributed by atoms with Crippen molar-refractivity contribution < 1.29 is 35.1 Å². The van der Waals surface area contributed by atoms with Gasteiger partial charge in [0, 0.05) is 0 Å². The fourth-order valence-corrected chi connectivity index (χ4v) is 6.42. The Morgan fingerprint density at radius 1 is 0.288 bits per heavy atom. The van der Waals surface area contributed by atoms with Crippen LogP contribution in [-0.2, 0) is 12.4 Å². The average molecular weight is 707 g/mol. The van der Waals surface area contributed by atoms with Gasteiger partial charge in [-0.1, -0.05) is 133 Å². The number of benzene rings is 7. The molecule has 0 radical (unpaired) electrons. The second-order valence-corrected chi connectivity index (χ2v) is 12.2. The van der Waals surface area contributed by atoms with Crippen LogP contribution in [0, 0.1) is 11.6 Å². The molecule has 258 valence electrons. The SMILES string of the molecule is Fc1ccc(-c2ccc(-c3ccc(-c4ccc(-c5ccc(F)c(C(F)(F)F)c5)cc4)c(-c4ccccc4)c3-c3ccccc3)cc2)cc1C(F)(F)F. The maximum absolute atomic E-state index is 14.0. The summed E-state index contributed by atoms with van der Waals surface area (Å²) in [4.78, 5) is 0. The first-order valence-corrected chi connectivity index (χ1v) is 16.1. The largest absolute Gasteiger partial charge is 0.419 e. The number of hydrogen-bond donors (Lipinski definition) is 0. The molecule has 0 heterocycles. The Balaban J connectivity index is 1.37. The summed E-state index contributed by atoms with van der Waals surface area (Å²) in [5.74, 6) is -2.68. The van der Waals surface area contributed by atoms with Crippen LogP contribution in [-0.4, -0.2) is 0 Å². The predicted octanol–water partition coefficient (Wildman–Crippen LogP) is 14.0. The Bertz CT molecular complexity index is 2190. The van der Waals surface area contributed by atoms with Crippen LogP contribution in [0.15, 0.2) is 158 Å². The summed E-state index contributed by atoms with van der Waals surface area (Å²) in [6.45, 7) is 0. The summed E-state index contributed by atoms with van der Waals surface area (Å²) in [6.07, 6.45) is -9.67. The molecule has 0 aliphatic carbocycles. The van der Waals surface area contributed by atoms with Gasteiger partial charge >= 0.3 is 12.4 Å². The molecule has 0 aliphatic rings. The average Bonchev–Trinajstić information content (AvgIpc) is 3.14. The van der Waals surface area contributed by atoms with Crippen molar-refractivity contribution in [1.29, 1.82) is 0 Å². The van der Waals surface area contributed by atoms with Gasteiger partial charge in [0.1, 0.15) is 11.6 Å². The lowest BCUT2D eigenvalue weighted by molar-refractivity contribution is -0.140. The van der Waals surface area contributed by atoms with Gasteiger partial charge < -0.3 is 0 Å². The molecule has 0 atom stereocenters. The highest BCUT2D eigenvalue weighted by Gasteiger charge is 2.35. The molecule has 0 amide bonds. The van der Waals surface area contributed by atoms with Crippen molar-refractivity contribution in [2.75, 3.05) is 0 Å². The van der Waals surface area contributed by atoms with Crippen molar-refractivity contribution in [2.24, 2.45) is 0 Å². The maximum Gasteiger partial charge on any atom is 0.419 e. The normalized spacial score (nSPS) is 11.8. The second kappa shape index (κ2) is 13.6. The lowest BCUT2D eigenvalue weighted by atomic mass is 9.82. The molecule has 0 unspecified atom stereocenters. The van der Waals surface area contributed by atoms with Gasteiger partial charge in [-0.05, 0) is 91.0 Å². The first-order chi connectivity index (χ1) is 24.9. The van der Waals surface area contributed by atoms with Crippen LogP contribution in [0.1, 0.15) is 11.1 Å². The fourth-order valence-electron chi connectivity index (χ4n) is 6.42. The van der Waals surface area contributed by atoms with Gasteiger partial charge in [-0.25, -0.2) is 8.78 Å². The Labute approximate surface area is 294 Å². The van der Waals surface area contributed by atoms with E-state index >= 15 is 0 Å². The molecule has 7 rings (SSSR count). The monoisotopic (exact) mass is 706 g/mol. The van der Waals surface area contributed by atoms with Crippen LogP contribution in [0.25, 0.3) is 66.8 Å². The van der Waals surface area contributed by atoms with E-state index in [-0.39, 0.29) is 11.1 Å². The smallest absolute Gasteiger partial charge is 0.206 e. The number of hydrogen-bond acceptors (Lipinski definition) is 0. The minimum atomic E-state index is -4.84. The highest BCUT2D eigenvalue weighted by Crippen LogP contribution is 2.46. The van der Waals surface area contributed by atoms with E-state index in [1.807, 2.05) is 97.1 Å². The zero-order valence-corrected chi connectivity index (χ0v) is 27.0. The fraction of sp³-hybridized carbons (Fsp3) is 0.0455. The Morgan fingerprint density at radius 2 is 0.596 bits per heavy atom. The summed E-state index contributed by atoms with van der Waals surface area (Å²) < 4.78 is 109. The van der Waals surface area contributed by atoms with E-state index in [0.29, 0.717) is 11.1 Å². The van der Waals surface area contributed by atoms with E-state index in [2.05, 4.69) is 0 Å². The van der Waals surface area contributed by atoms with E-state index in [1.165, 1.54) is 12.1 Å². The molecule has 0 saturated carbocycles. The third kappa shape index (κ3) is 6.84. The van der Waals surface area contributed by atoms with Crippen molar-refractivity contribution in [3.63, 3.8) is 0 Å². The van der Waals surface area contributed by atoms with Crippen LogP contribution in [0.3, 0.4) is 0 Å². The molecule has 7 aromatic rings. The third-order valence-electron chi connectivity index (χ3n) is 8.93. The standard InChI is InChI=1S/C44H26F8/c45-39-23-19-33(25-37(39)43(47,48)49)27-11-15-29(16-12-27)35-21-22-36(42(32-9-5-2-6-10-32)41(35)31-7-3-1-4-8-31)30-17-13-28(14-18-30)34-20-24-40(46)38(26-34)44(50,51)52/h1-26H. The van der Waals surface area contributed by atoms with Crippen molar-refractivity contribution in [3.05, 3.63) is 180 Å². The zero-order valence-electron chi connectivity index (χ0n) is 27.0. The van der Waals surface area contributed by atoms with Gasteiger partial charge in [0.25, 0.3) is 0 Å². The number of halogens is 8. The molecule has 0 N–H and O–H groups in total. The maximum atomic E-state index is 14.0. The van der Waals surface area contributed by atoms with Crippen LogP contribution in [0.5, 0.6) is 0 Å². The summed E-state index contributed by atoms with van der Waals surface area (Å²) in [5.41, 5.74) is 5.59. The van der Waals surface area contributed by atoms with Crippen LogP contribution in [0.2, 0.25) is 0 Å². The van der Waals surface area contributed by atoms with Crippen molar-refractivity contribution >= 4 is 0 Å². The van der Waals surface area contributed by atoms with Crippen LogP contribution < -0.4 is 0 Å². The van der Waals surface area contributed by atoms with Crippen LogP contribution in [0.4, 0.5) is 35.1 Å². The molecule has 0 aromatic heterocycles. The molecule has 0 spiro atoms. The van der Waals surface area contributed by atoms with Gasteiger partial charge in [-0.2, -0.15) is 26.3 Å². The minimum Gasteiger partial charge on any atom is -0.206 e. The van der Waals surface area contributed by atoms with Crippen LogP contribution >= 0.6 is 0 Å². The first kappa shape index (κ1) is 34.4. The summed E-state index contributed by atoms with van der Waals surface area (Å²) in [6, 6.07) is 43.3. The highest BCUT2D eigenvalue weighted by molar-refractivity contribution is 6.01. The van der Waals surface area contributed by atoms with Crippen molar-refractivity contribution in [3.8, 4) is 66.8 Å². The van der Waals surface area contributed by atoms with E-state index < -0.39 is 35.1 Å². The molecule has 0 bridgehead atoms. The molecule has 0 aliphatic heterocycles. The van der Waals surface area contributed by atoms with E-state index in [9.17, 15) is 35.1 Å². The van der Waals surface area contributed by atoms with Gasteiger partial charge in [0.15, 0.2) is 0 Å². The molecule has 0 nitrogen and oxygen atoms in total. The Morgan fingerprint density at radius 3 is 0.923 bits per heavy atom. The molecule has 7 aromatic carbocycles. The van der Waals surface area contributed by atoms with Crippen molar-refractivity contribution in [2.45, 2.75) is 12.4 Å². The van der Waals surface area contributed by atoms with Gasteiger partial charge in [0.2, 0.25) is 0 Å². The Kier molecular flexibility index (Phi) is 9.01. The van der Waals surface area contributed by atoms with E-state index in [0.717, 1.165) is 68.8 Å². The number of alkyl halides is 6. The van der Waals surface area contributed by atoms with E-state index in [1.54, 1.807) is 24.3 Å². The predicted molar refractivity (Wildman–Crippen MR) is 189 cm³/mol. The molecule has 52 heavy (non-hydrogen) atoms. The minimum absolute atomic E-state index is 0.225. The molecular formula is C44H26F8. The summed E-state index contributed by atoms with van der Waals surface area (Å²) in [5, 5.41) is 0. The van der Waals surface area contributed by atoms with Gasteiger partial charge in [-0.3, -0.25) is 0 Å². The van der Waals surface area contributed by atoms with Gasteiger partial charge in [0.05, 0.1) is 11.1 Å². The van der Waals surface area contributed by atoms with Gasteiger partial charge in [-0.15, -0.1) is 0 Å². The lowest BCUT2D eigenvalue weighted by Crippen LogP contribution is -2.08. The lowest BCUT2D eigenvalue weighted by Gasteiger charge is -2.21. The van der Waals surface area contributed by atoms with E-state index in [4.69, 9.17) is 0 Å². The second-order valence-electron chi connectivity index (χ2n) is 12.2. The number of rotatable bonds is 6.